The number of allylic oxidation sites excluding steroid dienone is 5. The van der Waals surface area contributed by atoms with Crippen LogP contribution in [-0.2, 0) is 11.2 Å². The van der Waals surface area contributed by atoms with E-state index in [1.807, 2.05) is 70.5 Å². The van der Waals surface area contributed by atoms with E-state index in [0.717, 1.165) is 30.9 Å². The second-order valence-electron chi connectivity index (χ2n) is 11.2. The van der Waals surface area contributed by atoms with Gasteiger partial charge in [-0.05, 0) is 52.2 Å². The van der Waals surface area contributed by atoms with Crippen LogP contribution in [0.4, 0.5) is 13.2 Å². The zero-order valence-electron chi connectivity index (χ0n) is 28.1. The highest BCUT2D eigenvalue weighted by Gasteiger charge is 2.39. The van der Waals surface area contributed by atoms with Gasteiger partial charge < -0.3 is 9.80 Å². The van der Waals surface area contributed by atoms with E-state index in [-0.39, 0.29) is 17.5 Å². The first kappa shape index (κ1) is 39.6. The first-order chi connectivity index (χ1) is 20.1. The van der Waals surface area contributed by atoms with Gasteiger partial charge in [-0.3, -0.25) is 14.8 Å². The van der Waals surface area contributed by atoms with Crippen LogP contribution in [0.5, 0.6) is 0 Å². The van der Waals surface area contributed by atoms with E-state index in [1.165, 1.54) is 6.92 Å². The molecule has 0 bridgehead atoms. The molecule has 240 valence electrons. The lowest BCUT2D eigenvalue weighted by Crippen LogP contribution is -2.56. The average Bonchev–Trinajstić information content (AvgIpc) is 2.95. The molecule has 0 N–H and O–H groups in total. The molecule has 1 aliphatic heterocycles. The molecular formula is C34H52F3N5O. The molecule has 1 amide bonds. The van der Waals surface area contributed by atoms with Crippen LogP contribution in [0.1, 0.15) is 100 Å². The lowest BCUT2D eigenvalue weighted by atomic mass is 9.93. The van der Waals surface area contributed by atoms with Gasteiger partial charge in [0.1, 0.15) is 6.07 Å². The zero-order valence-corrected chi connectivity index (χ0v) is 28.1. The van der Waals surface area contributed by atoms with Crippen molar-refractivity contribution >= 4 is 11.6 Å². The van der Waals surface area contributed by atoms with Gasteiger partial charge in [-0.1, -0.05) is 67.0 Å². The Morgan fingerprint density at radius 2 is 1.79 bits per heavy atom. The Balaban J connectivity index is 0.00000112. The number of rotatable bonds is 7. The highest BCUT2D eigenvalue weighted by atomic mass is 19.4. The number of alkyl halides is 3. The van der Waals surface area contributed by atoms with Gasteiger partial charge in [0.25, 0.3) is 0 Å². The molecule has 0 aliphatic carbocycles. The van der Waals surface area contributed by atoms with Crippen LogP contribution < -0.4 is 0 Å². The molecule has 1 unspecified atom stereocenters. The summed E-state index contributed by atoms with van der Waals surface area (Å²) in [5.74, 6) is 0.0587. The summed E-state index contributed by atoms with van der Waals surface area (Å²) in [6.45, 7) is 21.8. The number of aromatic nitrogens is 1. The number of halogens is 3. The summed E-state index contributed by atoms with van der Waals surface area (Å²) in [4.78, 5) is 24.7. The third-order valence-electron chi connectivity index (χ3n) is 6.66. The molecule has 0 radical (unpaired) electrons. The predicted molar refractivity (Wildman–Crippen MR) is 172 cm³/mol. The lowest BCUT2D eigenvalue weighted by Gasteiger charge is -2.44. The molecule has 43 heavy (non-hydrogen) atoms. The molecule has 9 heteroatoms. The molecule has 0 aromatic carbocycles. The number of carbonyl (C=O) groups is 1. The van der Waals surface area contributed by atoms with Crippen LogP contribution in [-0.4, -0.2) is 58.3 Å². The SMILES string of the molecule is CC.CCCc1cncc(C#N)c1.C\C=C(C(/C(C)=N/C=C/CC)=C(/C)N1CCN(C(=O)C(C)(C)C)C(C)C1)\C(F)(F)F. The fraction of sp³-hybridized carbons (Fsp3) is 0.588. The van der Waals surface area contributed by atoms with Crippen molar-refractivity contribution in [3.63, 3.8) is 0 Å². The van der Waals surface area contributed by atoms with Crippen LogP contribution >= 0.6 is 0 Å². The number of hydrogen-bond acceptors (Lipinski definition) is 5. The van der Waals surface area contributed by atoms with Gasteiger partial charge in [0.2, 0.25) is 5.91 Å². The summed E-state index contributed by atoms with van der Waals surface area (Å²) in [5, 5.41) is 8.54. The Bertz CT molecular complexity index is 1180. The lowest BCUT2D eigenvalue weighted by molar-refractivity contribution is -0.143. The van der Waals surface area contributed by atoms with Crippen LogP contribution in [0.2, 0.25) is 0 Å². The normalized spacial score (nSPS) is 16.9. The van der Waals surface area contributed by atoms with E-state index >= 15 is 0 Å². The maximum Gasteiger partial charge on any atom is 0.416 e. The predicted octanol–water partition coefficient (Wildman–Crippen LogP) is 8.66. The van der Waals surface area contributed by atoms with Gasteiger partial charge in [0, 0.05) is 66.7 Å². The standard InChI is InChI=1S/C23H36F3N3O.C9H10N2.C2H6/c1-9-11-12-27-17(4)20(19(10-2)23(24,25)26)18(5)28-13-14-29(16(3)15-28)21(30)22(6,7)8;1-2-3-8-4-9(5-10)7-11-6-8;1-2/h10-12,16H,9,13-15H2,1-8H3;4,6-7H,2-3H2,1H3;1-2H3/b12-11+,19-10+,20-18-,27-17+;;. The molecular weight excluding hydrogens is 551 g/mol. The first-order valence-electron chi connectivity index (χ1n) is 15.2. The monoisotopic (exact) mass is 603 g/mol. The van der Waals surface area contributed by atoms with Crippen LogP contribution in [0.25, 0.3) is 0 Å². The number of nitrogens with zero attached hydrogens (tertiary/aromatic N) is 5. The second kappa shape index (κ2) is 19.0. The van der Waals surface area contributed by atoms with Crippen molar-refractivity contribution < 1.29 is 18.0 Å². The third-order valence-corrected chi connectivity index (χ3v) is 6.66. The number of amides is 1. The van der Waals surface area contributed by atoms with E-state index in [1.54, 1.807) is 32.3 Å². The number of carbonyl (C=O) groups excluding carboxylic acids is 1. The zero-order chi connectivity index (χ0) is 33.4. The van der Waals surface area contributed by atoms with Crippen molar-refractivity contribution in [1.82, 2.24) is 14.8 Å². The molecule has 1 fully saturated rings. The number of nitriles is 1. The molecule has 0 saturated carbocycles. The Labute approximate surface area is 258 Å². The molecule has 2 rings (SSSR count). The summed E-state index contributed by atoms with van der Waals surface area (Å²) in [7, 11) is 0. The Morgan fingerprint density at radius 3 is 2.26 bits per heavy atom. The first-order valence-corrected chi connectivity index (χ1v) is 15.2. The molecule has 2 heterocycles. The van der Waals surface area contributed by atoms with Crippen molar-refractivity contribution in [3.05, 3.63) is 64.8 Å². The Hall–Kier alpha value is -3.41. The highest BCUT2D eigenvalue weighted by Crippen LogP contribution is 2.35. The summed E-state index contributed by atoms with van der Waals surface area (Å²) >= 11 is 0. The van der Waals surface area contributed by atoms with E-state index in [2.05, 4.69) is 23.0 Å². The van der Waals surface area contributed by atoms with Gasteiger partial charge in [0.05, 0.1) is 11.1 Å². The summed E-state index contributed by atoms with van der Waals surface area (Å²) in [5.41, 5.74) is 1.57. The molecule has 1 aromatic rings. The number of aryl methyl sites for hydroxylation is 1. The molecule has 6 nitrogen and oxygen atoms in total. The van der Waals surface area contributed by atoms with E-state index in [9.17, 15) is 18.0 Å². The molecule has 1 atom stereocenters. The topological polar surface area (TPSA) is 72.6 Å². The van der Waals surface area contributed by atoms with Crippen LogP contribution in [0.3, 0.4) is 0 Å². The number of piperazine rings is 1. The van der Waals surface area contributed by atoms with Gasteiger partial charge in [0.15, 0.2) is 0 Å². The maximum absolute atomic E-state index is 13.8. The smallest absolute Gasteiger partial charge is 0.371 e. The van der Waals surface area contributed by atoms with Crippen LogP contribution in [0, 0.1) is 16.7 Å². The number of hydrogen-bond donors (Lipinski definition) is 0. The van der Waals surface area contributed by atoms with E-state index in [0.29, 0.717) is 36.6 Å². The third kappa shape index (κ3) is 12.8. The minimum atomic E-state index is -4.48. The van der Waals surface area contributed by atoms with E-state index in [4.69, 9.17) is 5.26 Å². The number of aliphatic imine (C=N–C) groups is 1. The molecule has 1 aromatic heterocycles. The Morgan fingerprint density at radius 1 is 1.16 bits per heavy atom. The van der Waals surface area contributed by atoms with Crippen molar-refractivity contribution in [2.75, 3.05) is 19.6 Å². The fourth-order valence-electron chi connectivity index (χ4n) is 4.56. The van der Waals surface area contributed by atoms with Crippen LogP contribution in [0.15, 0.2) is 58.6 Å². The molecule has 1 aliphatic rings. The number of pyridine rings is 1. The van der Waals surface area contributed by atoms with Crippen molar-refractivity contribution in [2.24, 2.45) is 10.4 Å². The fourth-order valence-corrected chi connectivity index (χ4v) is 4.56. The quantitative estimate of drug-likeness (QED) is 0.231. The minimum Gasteiger partial charge on any atom is -0.371 e. The van der Waals surface area contributed by atoms with Gasteiger partial charge in [-0.25, -0.2) is 0 Å². The van der Waals surface area contributed by atoms with Crippen molar-refractivity contribution in [2.45, 2.75) is 108 Å². The summed E-state index contributed by atoms with van der Waals surface area (Å²) in [6, 6.07) is 3.85. The average molecular weight is 604 g/mol. The van der Waals surface area contributed by atoms with Gasteiger partial charge >= 0.3 is 6.18 Å². The summed E-state index contributed by atoms with van der Waals surface area (Å²) in [6.07, 6.45) is 6.22. The highest BCUT2D eigenvalue weighted by molar-refractivity contribution is 6.03. The van der Waals surface area contributed by atoms with Crippen molar-refractivity contribution in [1.29, 1.82) is 5.26 Å². The largest absolute Gasteiger partial charge is 0.416 e. The molecule has 1 saturated heterocycles. The second-order valence-corrected chi connectivity index (χ2v) is 11.2. The Kier molecular flexibility index (Phi) is 17.5. The van der Waals surface area contributed by atoms with Gasteiger partial charge in [-0.15, -0.1) is 0 Å². The molecule has 0 spiro atoms. The van der Waals surface area contributed by atoms with E-state index < -0.39 is 17.2 Å². The van der Waals surface area contributed by atoms with Gasteiger partial charge in [-0.2, -0.15) is 18.4 Å². The minimum absolute atomic E-state index is 0.0587. The van der Waals surface area contributed by atoms with Crippen molar-refractivity contribution in [3.8, 4) is 6.07 Å². The maximum atomic E-state index is 13.8. The summed E-state index contributed by atoms with van der Waals surface area (Å²) < 4.78 is 41.3.